The van der Waals surface area contributed by atoms with E-state index in [1.54, 1.807) is 12.1 Å². The molecule has 0 saturated carbocycles. The van der Waals surface area contributed by atoms with Gasteiger partial charge in [0.1, 0.15) is 5.75 Å². The van der Waals surface area contributed by atoms with E-state index < -0.39 is 5.97 Å². The SMILES string of the molecule is CCCCCOC(=O)CCC(=O)Oc1cccc(C)c1. The molecule has 0 heterocycles. The van der Waals surface area contributed by atoms with E-state index in [9.17, 15) is 9.59 Å². The van der Waals surface area contributed by atoms with Crippen molar-refractivity contribution in [2.75, 3.05) is 6.61 Å². The standard InChI is InChI=1S/C16H22O4/c1-3-4-5-11-19-15(17)9-10-16(18)20-14-8-6-7-13(2)12-14/h6-8,12H,3-5,9-11H2,1-2H3. The predicted octanol–water partition coefficient (Wildman–Crippen LogP) is 3.41. The number of aryl methyl sites for hydroxylation is 1. The quantitative estimate of drug-likeness (QED) is 0.415. The van der Waals surface area contributed by atoms with Crippen LogP contribution in [0.1, 0.15) is 44.6 Å². The molecule has 0 spiro atoms. The predicted molar refractivity (Wildman–Crippen MR) is 76.5 cm³/mol. The average Bonchev–Trinajstić information content (AvgIpc) is 2.41. The maximum Gasteiger partial charge on any atom is 0.311 e. The lowest BCUT2D eigenvalue weighted by Crippen LogP contribution is -2.12. The molecule has 110 valence electrons. The zero-order chi connectivity index (χ0) is 14.8. The average molecular weight is 278 g/mol. The monoisotopic (exact) mass is 278 g/mol. The van der Waals surface area contributed by atoms with E-state index in [-0.39, 0.29) is 18.8 Å². The van der Waals surface area contributed by atoms with E-state index in [1.807, 2.05) is 19.1 Å². The molecule has 4 nitrogen and oxygen atoms in total. The van der Waals surface area contributed by atoms with Crippen LogP contribution in [0.25, 0.3) is 0 Å². The van der Waals surface area contributed by atoms with Crippen molar-refractivity contribution in [3.05, 3.63) is 29.8 Å². The lowest BCUT2D eigenvalue weighted by atomic mass is 10.2. The van der Waals surface area contributed by atoms with Crippen molar-refractivity contribution in [1.82, 2.24) is 0 Å². The minimum Gasteiger partial charge on any atom is -0.466 e. The second-order valence-corrected chi connectivity index (χ2v) is 4.72. The first-order valence-corrected chi connectivity index (χ1v) is 7.04. The molecule has 0 bridgehead atoms. The molecule has 0 aliphatic rings. The van der Waals surface area contributed by atoms with Gasteiger partial charge in [-0.15, -0.1) is 0 Å². The number of carbonyl (C=O) groups is 2. The number of unbranched alkanes of at least 4 members (excludes halogenated alkanes) is 2. The Hall–Kier alpha value is -1.84. The Balaban J connectivity index is 2.21. The van der Waals surface area contributed by atoms with Crippen molar-refractivity contribution < 1.29 is 19.1 Å². The van der Waals surface area contributed by atoms with Gasteiger partial charge in [-0.05, 0) is 31.0 Å². The van der Waals surface area contributed by atoms with Gasteiger partial charge in [-0.2, -0.15) is 0 Å². The van der Waals surface area contributed by atoms with Crippen LogP contribution in [0.15, 0.2) is 24.3 Å². The Morgan fingerprint density at radius 2 is 1.85 bits per heavy atom. The highest BCUT2D eigenvalue weighted by Gasteiger charge is 2.10. The summed E-state index contributed by atoms with van der Waals surface area (Å²) in [5.74, 6) is -0.255. The van der Waals surface area contributed by atoms with Crippen molar-refractivity contribution in [3.8, 4) is 5.75 Å². The van der Waals surface area contributed by atoms with Gasteiger partial charge in [-0.25, -0.2) is 0 Å². The summed E-state index contributed by atoms with van der Waals surface area (Å²) in [7, 11) is 0. The zero-order valence-corrected chi connectivity index (χ0v) is 12.2. The smallest absolute Gasteiger partial charge is 0.311 e. The number of hydrogen-bond donors (Lipinski definition) is 0. The first-order valence-electron chi connectivity index (χ1n) is 7.04. The molecule has 1 aromatic carbocycles. The third-order valence-corrected chi connectivity index (χ3v) is 2.77. The van der Waals surface area contributed by atoms with Crippen LogP contribution in [0, 0.1) is 6.92 Å². The van der Waals surface area contributed by atoms with Crippen molar-refractivity contribution in [3.63, 3.8) is 0 Å². The topological polar surface area (TPSA) is 52.6 Å². The Kier molecular flexibility index (Phi) is 7.40. The van der Waals surface area contributed by atoms with E-state index in [4.69, 9.17) is 9.47 Å². The molecule has 4 heteroatoms. The van der Waals surface area contributed by atoms with E-state index >= 15 is 0 Å². The number of esters is 2. The third kappa shape index (κ3) is 6.92. The summed E-state index contributed by atoms with van der Waals surface area (Å²) in [6.07, 6.45) is 3.11. The maximum atomic E-state index is 11.6. The van der Waals surface area contributed by atoms with Gasteiger partial charge < -0.3 is 9.47 Å². The van der Waals surface area contributed by atoms with Crippen molar-refractivity contribution >= 4 is 11.9 Å². The Bertz CT molecular complexity index is 440. The van der Waals surface area contributed by atoms with Crippen molar-refractivity contribution in [1.29, 1.82) is 0 Å². The summed E-state index contributed by atoms with van der Waals surface area (Å²) in [6, 6.07) is 7.24. The minimum atomic E-state index is -0.416. The zero-order valence-electron chi connectivity index (χ0n) is 12.2. The summed E-state index contributed by atoms with van der Waals surface area (Å²) in [5.41, 5.74) is 1.02. The van der Waals surface area contributed by atoms with E-state index in [0.29, 0.717) is 12.4 Å². The molecule has 0 radical (unpaired) electrons. The summed E-state index contributed by atoms with van der Waals surface area (Å²) in [5, 5.41) is 0. The first kappa shape index (κ1) is 16.2. The highest BCUT2D eigenvalue weighted by atomic mass is 16.5. The van der Waals surface area contributed by atoms with Gasteiger partial charge in [-0.1, -0.05) is 31.9 Å². The van der Waals surface area contributed by atoms with Crippen LogP contribution in [0.4, 0.5) is 0 Å². The van der Waals surface area contributed by atoms with Gasteiger partial charge in [0.25, 0.3) is 0 Å². The molecule has 1 rings (SSSR count). The summed E-state index contributed by atoms with van der Waals surface area (Å²) >= 11 is 0. The lowest BCUT2D eigenvalue weighted by molar-refractivity contribution is -0.147. The van der Waals surface area contributed by atoms with E-state index in [2.05, 4.69) is 6.92 Å². The molecule has 20 heavy (non-hydrogen) atoms. The molecule has 0 fully saturated rings. The molecule has 0 aliphatic heterocycles. The first-order chi connectivity index (χ1) is 9.61. The molecular weight excluding hydrogens is 256 g/mol. The van der Waals surface area contributed by atoms with Crippen LogP contribution < -0.4 is 4.74 Å². The number of benzene rings is 1. The number of rotatable bonds is 8. The summed E-state index contributed by atoms with van der Waals surface area (Å²) in [4.78, 5) is 23.0. The van der Waals surface area contributed by atoms with E-state index in [1.165, 1.54) is 0 Å². The third-order valence-electron chi connectivity index (χ3n) is 2.77. The molecule has 0 aromatic heterocycles. The maximum absolute atomic E-state index is 11.6. The Labute approximate surface area is 120 Å². The van der Waals surface area contributed by atoms with Crippen LogP contribution >= 0.6 is 0 Å². The second kappa shape index (κ2) is 9.13. The summed E-state index contributed by atoms with van der Waals surface area (Å²) in [6.45, 7) is 4.44. The minimum absolute atomic E-state index is 0.0422. The van der Waals surface area contributed by atoms with Crippen LogP contribution in [-0.4, -0.2) is 18.5 Å². The fourth-order valence-electron chi connectivity index (χ4n) is 1.68. The number of carbonyl (C=O) groups excluding carboxylic acids is 2. The van der Waals surface area contributed by atoms with Gasteiger partial charge in [0, 0.05) is 0 Å². The molecule has 0 unspecified atom stereocenters. The largest absolute Gasteiger partial charge is 0.466 e. The molecule has 1 aromatic rings. The Morgan fingerprint density at radius 3 is 2.55 bits per heavy atom. The molecule has 0 aliphatic carbocycles. The lowest BCUT2D eigenvalue weighted by Gasteiger charge is -2.06. The normalized spacial score (nSPS) is 10.1. The molecule has 0 saturated heterocycles. The van der Waals surface area contributed by atoms with Gasteiger partial charge in [0.2, 0.25) is 0 Å². The fourth-order valence-corrected chi connectivity index (χ4v) is 1.68. The van der Waals surface area contributed by atoms with Crippen LogP contribution in [0.2, 0.25) is 0 Å². The van der Waals surface area contributed by atoms with Gasteiger partial charge in [0.15, 0.2) is 0 Å². The van der Waals surface area contributed by atoms with Crippen LogP contribution in [-0.2, 0) is 14.3 Å². The van der Waals surface area contributed by atoms with Crippen LogP contribution in [0.3, 0.4) is 0 Å². The van der Waals surface area contributed by atoms with Crippen molar-refractivity contribution in [2.24, 2.45) is 0 Å². The highest BCUT2D eigenvalue weighted by molar-refractivity contribution is 5.79. The molecule has 0 atom stereocenters. The number of ether oxygens (including phenoxy) is 2. The van der Waals surface area contributed by atoms with Gasteiger partial charge in [-0.3, -0.25) is 9.59 Å². The number of hydrogen-bond acceptors (Lipinski definition) is 4. The van der Waals surface area contributed by atoms with Gasteiger partial charge in [0.05, 0.1) is 19.4 Å². The highest BCUT2D eigenvalue weighted by Crippen LogP contribution is 2.13. The molecule has 0 amide bonds. The fraction of sp³-hybridized carbons (Fsp3) is 0.500. The summed E-state index contributed by atoms with van der Waals surface area (Å²) < 4.78 is 10.2. The van der Waals surface area contributed by atoms with Crippen LogP contribution in [0.5, 0.6) is 5.75 Å². The van der Waals surface area contributed by atoms with E-state index in [0.717, 1.165) is 24.8 Å². The second-order valence-electron chi connectivity index (χ2n) is 4.72. The molecule has 0 N–H and O–H groups in total. The Morgan fingerprint density at radius 1 is 1.10 bits per heavy atom. The molecular formula is C16H22O4. The van der Waals surface area contributed by atoms with Crippen molar-refractivity contribution in [2.45, 2.75) is 46.0 Å². The van der Waals surface area contributed by atoms with Gasteiger partial charge >= 0.3 is 11.9 Å².